The average Bonchev–Trinajstić information content (AvgIpc) is 2.75. The van der Waals surface area contributed by atoms with Crippen molar-refractivity contribution in [2.75, 3.05) is 0 Å². The first-order chi connectivity index (χ1) is 10.4. The number of aliphatic hydroxyl groups excluding tert-OH is 2. The molecule has 0 radical (unpaired) electrons. The van der Waals surface area contributed by atoms with Gasteiger partial charge in [0.1, 0.15) is 5.78 Å². The van der Waals surface area contributed by atoms with Gasteiger partial charge in [-0.2, -0.15) is 0 Å². The number of ketones is 1. The summed E-state index contributed by atoms with van der Waals surface area (Å²) in [7, 11) is 0. The Labute approximate surface area is 133 Å². The third-order valence-electron chi connectivity index (χ3n) is 8.28. The molecule has 0 aromatic carbocycles. The molecule has 22 heavy (non-hydrogen) atoms. The van der Waals surface area contributed by atoms with Gasteiger partial charge in [-0.05, 0) is 74.0 Å². The predicted molar refractivity (Wildman–Crippen MR) is 84.1 cm³/mol. The van der Waals surface area contributed by atoms with E-state index in [4.69, 9.17) is 0 Å². The number of fused-ring (bicyclic) bond motifs is 5. The molecule has 6 unspecified atom stereocenters. The van der Waals surface area contributed by atoms with Crippen LogP contribution in [0.4, 0.5) is 0 Å². The molecular formula is C19H30O3. The van der Waals surface area contributed by atoms with Crippen molar-refractivity contribution in [1.82, 2.24) is 0 Å². The van der Waals surface area contributed by atoms with E-state index in [0.717, 1.165) is 38.5 Å². The fourth-order valence-electron chi connectivity index (χ4n) is 7.13. The van der Waals surface area contributed by atoms with E-state index >= 15 is 0 Å². The summed E-state index contributed by atoms with van der Waals surface area (Å²) < 4.78 is 0. The van der Waals surface area contributed by atoms with Crippen molar-refractivity contribution in [1.29, 1.82) is 0 Å². The molecule has 0 amide bonds. The molecule has 0 saturated heterocycles. The second kappa shape index (κ2) is 4.80. The molecule has 0 aliphatic heterocycles. The largest absolute Gasteiger partial charge is 0.393 e. The van der Waals surface area contributed by atoms with Gasteiger partial charge in [0.2, 0.25) is 0 Å². The number of hydrogen-bond donors (Lipinski definition) is 2. The van der Waals surface area contributed by atoms with Gasteiger partial charge in [0, 0.05) is 11.8 Å². The Bertz CT molecular complexity index is 489. The third-order valence-corrected chi connectivity index (χ3v) is 8.28. The maximum absolute atomic E-state index is 12.4. The standard InChI is InChI=1S/C19H30O3/c1-18-8-7-12(20)9-11(18)3-4-13-14-5-6-16(22)19(14,2)10-15(21)17(13)18/h11-15,17,20-21H,3-10H2,1-2H3/t11?,12-,13?,14?,15?,17?,18-,19?/m0/s1. The van der Waals surface area contributed by atoms with Crippen molar-refractivity contribution in [2.24, 2.45) is 34.5 Å². The molecule has 8 atom stereocenters. The van der Waals surface area contributed by atoms with Crippen LogP contribution in [0.1, 0.15) is 65.2 Å². The van der Waals surface area contributed by atoms with Crippen molar-refractivity contribution in [3.63, 3.8) is 0 Å². The fourth-order valence-corrected chi connectivity index (χ4v) is 7.13. The van der Waals surface area contributed by atoms with Gasteiger partial charge < -0.3 is 10.2 Å². The zero-order valence-electron chi connectivity index (χ0n) is 13.9. The predicted octanol–water partition coefficient (Wildman–Crippen LogP) is 2.93. The van der Waals surface area contributed by atoms with Crippen LogP contribution in [0.15, 0.2) is 0 Å². The number of hydrogen-bond acceptors (Lipinski definition) is 3. The van der Waals surface area contributed by atoms with Crippen molar-refractivity contribution < 1.29 is 15.0 Å². The quantitative estimate of drug-likeness (QED) is 0.723. The number of carbonyl (C=O) groups is 1. The zero-order chi connectivity index (χ0) is 15.7. The number of carbonyl (C=O) groups excluding carboxylic acids is 1. The first-order valence-corrected chi connectivity index (χ1v) is 9.25. The van der Waals surface area contributed by atoms with E-state index in [-0.39, 0.29) is 23.0 Å². The molecule has 4 fully saturated rings. The molecule has 4 saturated carbocycles. The van der Waals surface area contributed by atoms with E-state index in [9.17, 15) is 15.0 Å². The van der Waals surface area contributed by atoms with Crippen LogP contribution in [0.2, 0.25) is 0 Å². The van der Waals surface area contributed by atoms with Crippen LogP contribution in [-0.4, -0.2) is 28.2 Å². The minimum Gasteiger partial charge on any atom is -0.393 e. The lowest BCUT2D eigenvalue weighted by Gasteiger charge is -2.61. The Balaban J connectivity index is 1.69. The van der Waals surface area contributed by atoms with Crippen molar-refractivity contribution >= 4 is 5.78 Å². The van der Waals surface area contributed by atoms with Crippen LogP contribution >= 0.6 is 0 Å². The van der Waals surface area contributed by atoms with E-state index in [1.54, 1.807) is 0 Å². The lowest BCUT2D eigenvalue weighted by Crippen LogP contribution is -2.59. The summed E-state index contributed by atoms with van der Waals surface area (Å²) in [6.07, 6.45) is 7.08. The highest BCUT2D eigenvalue weighted by Gasteiger charge is 2.63. The number of Topliss-reactive ketones (excluding diaryl/α,β-unsaturated/α-hetero) is 1. The summed E-state index contributed by atoms with van der Waals surface area (Å²) in [5, 5.41) is 21.0. The molecule has 0 aromatic rings. The van der Waals surface area contributed by atoms with Gasteiger partial charge in [0.25, 0.3) is 0 Å². The molecule has 0 spiro atoms. The summed E-state index contributed by atoms with van der Waals surface area (Å²) in [6.45, 7) is 4.48. The van der Waals surface area contributed by atoms with E-state index in [1.165, 1.54) is 6.42 Å². The molecule has 0 heterocycles. The van der Waals surface area contributed by atoms with Gasteiger partial charge in [-0.25, -0.2) is 0 Å². The van der Waals surface area contributed by atoms with Gasteiger partial charge in [-0.15, -0.1) is 0 Å². The molecule has 0 bridgehead atoms. The van der Waals surface area contributed by atoms with Gasteiger partial charge in [0.15, 0.2) is 0 Å². The highest BCUT2D eigenvalue weighted by molar-refractivity contribution is 5.87. The second-order valence-corrected chi connectivity index (χ2v) is 9.16. The molecule has 4 aliphatic rings. The van der Waals surface area contributed by atoms with Crippen molar-refractivity contribution in [3.8, 4) is 0 Å². The SMILES string of the molecule is CC12CC(O)C3C(CCC4C[C@@H](O)CC[C@@]43C)C1CCC2=O. The monoisotopic (exact) mass is 306 g/mol. The molecule has 2 N–H and O–H groups in total. The summed E-state index contributed by atoms with van der Waals surface area (Å²) in [4.78, 5) is 12.4. The lowest BCUT2D eigenvalue weighted by molar-refractivity contribution is -0.175. The first-order valence-electron chi connectivity index (χ1n) is 9.25. The Hall–Kier alpha value is -0.410. The van der Waals surface area contributed by atoms with Gasteiger partial charge >= 0.3 is 0 Å². The lowest BCUT2D eigenvalue weighted by atomic mass is 9.44. The summed E-state index contributed by atoms with van der Waals surface area (Å²) in [5.74, 6) is 2.27. The van der Waals surface area contributed by atoms with E-state index < -0.39 is 0 Å². The molecule has 3 heteroatoms. The zero-order valence-corrected chi connectivity index (χ0v) is 13.9. The van der Waals surface area contributed by atoms with E-state index in [0.29, 0.717) is 35.9 Å². The minimum atomic E-state index is -0.337. The smallest absolute Gasteiger partial charge is 0.139 e. The minimum absolute atomic E-state index is 0.145. The van der Waals surface area contributed by atoms with Crippen molar-refractivity contribution in [2.45, 2.75) is 77.4 Å². The Morgan fingerprint density at radius 2 is 1.86 bits per heavy atom. The highest BCUT2D eigenvalue weighted by Crippen LogP contribution is 2.65. The Morgan fingerprint density at radius 3 is 2.64 bits per heavy atom. The van der Waals surface area contributed by atoms with Crippen LogP contribution in [0.25, 0.3) is 0 Å². The normalized spacial score (nSPS) is 57.9. The number of aliphatic hydroxyl groups is 2. The molecule has 4 aliphatic carbocycles. The Morgan fingerprint density at radius 1 is 1.09 bits per heavy atom. The second-order valence-electron chi connectivity index (χ2n) is 9.16. The van der Waals surface area contributed by atoms with Crippen LogP contribution in [-0.2, 0) is 4.79 Å². The summed E-state index contributed by atoms with van der Waals surface area (Å²) >= 11 is 0. The topological polar surface area (TPSA) is 57.5 Å². The Kier molecular flexibility index (Phi) is 3.30. The molecule has 0 aromatic heterocycles. The summed E-state index contributed by atoms with van der Waals surface area (Å²) in [6, 6.07) is 0. The fraction of sp³-hybridized carbons (Fsp3) is 0.947. The van der Waals surface area contributed by atoms with Crippen LogP contribution < -0.4 is 0 Å². The highest BCUT2D eigenvalue weighted by atomic mass is 16.3. The molecule has 124 valence electrons. The van der Waals surface area contributed by atoms with Gasteiger partial charge in [0.05, 0.1) is 12.2 Å². The number of rotatable bonds is 0. The maximum Gasteiger partial charge on any atom is 0.139 e. The van der Waals surface area contributed by atoms with Gasteiger partial charge in [-0.3, -0.25) is 4.79 Å². The average molecular weight is 306 g/mol. The van der Waals surface area contributed by atoms with Crippen molar-refractivity contribution in [3.05, 3.63) is 0 Å². The first kappa shape index (κ1) is 15.1. The van der Waals surface area contributed by atoms with E-state index in [1.807, 2.05) is 0 Å². The van der Waals surface area contributed by atoms with Crippen LogP contribution in [0, 0.1) is 34.5 Å². The van der Waals surface area contributed by atoms with Crippen LogP contribution in [0.5, 0.6) is 0 Å². The van der Waals surface area contributed by atoms with Crippen LogP contribution in [0.3, 0.4) is 0 Å². The molecule has 3 nitrogen and oxygen atoms in total. The molecular weight excluding hydrogens is 276 g/mol. The van der Waals surface area contributed by atoms with Gasteiger partial charge in [-0.1, -0.05) is 13.8 Å². The van der Waals surface area contributed by atoms with E-state index in [2.05, 4.69) is 13.8 Å². The maximum atomic E-state index is 12.4. The third kappa shape index (κ3) is 1.84. The summed E-state index contributed by atoms with van der Waals surface area (Å²) in [5.41, 5.74) is -0.105. The molecule has 4 rings (SSSR count).